The quantitative estimate of drug-likeness (QED) is 0.285. The maximum Gasteiger partial charge on any atom is 0.221 e. The van der Waals surface area contributed by atoms with Gasteiger partial charge in [-0.1, -0.05) is 31.2 Å². The maximum atomic E-state index is 11.6. The maximum absolute atomic E-state index is 11.6. The lowest BCUT2D eigenvalue weighted by atomic mass is 10.1. The van der Waals surface area contributed by atoms with Crippen LogP contribution in [0.4, 0.5) is 0 Å². The van der Waals surface area contributed by atoms with Gasteiger partial charge in [0.25, 0.3) is 0 Å². The smallest absolute Gasteiger partial charge is 0.221 e. The van der Waals surface area contributed by atoms with Crippen LogP contribution in [-0.4, -0.2) is 50.0 Å². The number of amides is 1. The van der Waals surface area contributed by atoms with E-state index in [1.807, 2.05) is 6.92 Å². The molecule has 0 unspecified atom stereocenters. The second-order valence-electron chi connectivity index (χ2n) is 6.75. The van der Waals surface area contributed by atoms with Gasteiger partial charge in [-0.25, -0.2) is 0 Å². The minimum absolute atomic E-state index is 0. The molecule has 0 aromatic heterocycles. The number of aliphatic imine (C=N–C) groups is 1. The average Bonchev–Trinajstić information content (AvgIpc) is 3.17. The zero-order valence-corrected chi connectivity index (χ0v) is 18.9. The molecule has 1 amide bonds. The van der Waals surface area contributed by atoms with Crippen molar-refractivity contribution in [2.45, 2.75) is 45.7 Å². The van der Waals surface area contributed by atoms with E-state index in [9.17, 15) is 4.79 Å². The van der Waals surface area contributed by atoms with E-state index in [2.05, 4.69) is 50.1 Å². The summed E-state index contributed by atoms with van der Waals surface area (Å²) in [5.41, 5.74) is 2.59. The first-order chi connectivity index (χ1) is 12.7. The van der Waals surface area contributed by atoms with Gasteiger partial charge in [-0.3, -0.25) is 14.7 Å². The van der Waals surface area contributed by atoms with Crippen molar-refractivity contribution in [1.82, 2.24) is 20.9 Å². The van der Waals surface area contributed by atoms with E-state index in [4.69, 9.17) is 0 Å². The molecule has 1 aromatic carbocycles. The molecule has 6 nitrogen and oxygen atoms in total. The lowest BCUT2D eigenvalue weighted by Crippen LogP contribution is -2.39. The van der Waals surface area contributed by atoms with Crippen molar-refractivity contribution >= 4 is 35.8 Å². The molecule has 0 bridgehead atoms. The fourth-order valence-electron chi connectivity index (χ4n) is 3.02. The van der Waals surface area contributed by atoms with Gasteiger partial charge >= 0.3 is 0 Å². The summed E-state index contributed by atoms with van der Waals surface area (Å²) in [5.74, 6) is 0.790. The molecule has 0 radical (unpaired) electrons. The normalized spacial score (nSPS) is 14.5. The van der Waals surface area contributed by atoms with Gasteiger partial charge in [0.15, 0.2) is 5.96 Å². The van der Waals surface area contributed by atoms with Crippen molar-refractivity contribution in [1.29, 1.82) is 0 Å². The Morgan fingerprint density at radius 1 is 1.04 bits per heavy atom. The third-order valence-electron chi connectivity index (χ3n) is 4.53. The van der Waals surface area contributed by atoms with Gasteiger partial charge in [-0.05, 0) is 43.5 Å². The summed E-state index contributed by atoms with van der Waals surface area (Å²) < 4.78 is 0. The van der Waals surface area contributed by atoms with E-state index in [1.165, 1.54) is 37.1 Å². The molecule has 0 aliphatic carbocycles. The number of nitrogens with zero attached hydrogens (tertiary/aromatic N) is 2. The van der Waals surface area contributed by atoms with Crippen molar-refractivity contribution in [3.05, 3.63) is 35.4 Å². The number of benzene rings is 1. The van der Waals surface area contributed by atoms with Crippen LogP contribution in [0.3, 0.4) is 0 Å². The number of carbonyl (C=O) groups is 1. The van der Waals surface area contributed by atoms with Crippen molar-refractivity contribution in [2.75, 3.05) is 33.2 Å². The number of guanidine groups is 1. The fraction of sp³-hybridized carbons (Fsp3) is 0.600. The van der Waals surface area contributed by atoms with Crippen LogP contribution in [0, 0.1) is 0 Å². The summed E-state index contributed by atoms with van der Waals surface area (Å²) in [6.07, 6.45) is 4.06. The number of nitrogens with one attached hydrogen (secondary N) is 3. The first-order valence-electron chi connectivity index (χ1n) is 9.72. The molecule has 0 saturated carbocycles. The molecular formula is C20H34IN5O. The summed E-state index contributed by atoms with van der Waals surface area (Å²) in [4.78, 5) is 18.3. The second-order valence-corrected chi connectivity index (χ2v) is 6.75. The Kier molecular flexibility index (Phi) is 12.1. The van der Waals surface area contributed by atoms with Crippen LogP contribution in [0.1, 0.15) is 43.7 Å². The highest BCUT2D eigenvalue weighted by atomic mass is 127. The molecule has 2 rings (SSSR count). The Labute approximate surface area is 180 Å². The van der Waals surface area contributed by atoms with Crippen molar-refractivity contribution in [2.24, 2.45) is 4.99 Å². The van der Waals surface area contributed by atoms with Crippen LogP contribution in [0.2, 0.25) is 0 Å². The largest absolute Gasteiger partial charge is 0.356 e. The van der Waals surface area contributed by atoms with Gasteiger partial charge in [0.1, 0.15) is 0 Å². The molecule has 0 atom stereocenters. The Morgan fingerprint density at radius 2 is 1.70 bits per heavy atom. The number of halogens is 1. The number of carbonyl (C=O) groups excluding carboxylic acids is 1. The Morgan fingerprint density at radius 3 is 2.33 bits per heavy atom. The molecule has 152 valence electrons. The number of likely N-dealkylation sites (tertiary alicyclic amines) is 1. The zero-order valence-electron chi connectivity index (χ0n) is 16.6. The van der Waals surface area contributed by atoms with Crippen LogP contribution in [-0.2, 0) is 17.9 Å². The molecule has 0 spiro atoms. The Bertz CT molecular complexity index is 570. The van der Waals surface area contributed by atoms with Crippen LogP contribution in [0.5, 0.6) is 0 Å². The molecule has 1 aromatic rings. The van der Waals surface area contributed by atoms with E-state index in [0.717, 1.165) is 25.5 Å². The van der Waals surface area contributed by atoms with E-state index in [1.54, 1.807) is 7.05 Å². The van der Waals surface area contributed by atoms with Crippen LogP contribution >= 0.6 is 24.0 Å². The van der Waals surface area contributed by atoms with E-state index in [0.29, 0.717) is 19.5 Å². The SMILES string of the molecule is CCCNC(=O)CCNC(=NC)NCc1ccc(CN2CCCC2)cc1.I. The minimum Gasteiger partial charge on any atom is -0.356 e. The average molecular weight is 487 g/mol. The van der Waals surface area contributed by atoms with Crippen LogP contribution < -0.4 is 16.0 Å². The highest BCUT2D eigenvalue weighted by Gasteiger charge is 2.11. The fourth-order valence-corrected chi connectivity index (χ4v) is 3.02. The molecule has 7 heteroatoms. The molecule has 1 aliphatic rings. The topological polar surface area (TPSA) is 68.8 Å². The minimum atomic E-state index is 0. The van der Waals surface area contributed by atoms with Gasteiger partial charge in [0.05, 0.1) is 0 Å². The van der Waals surface area contributed by atoms with E-state index < -0.39 is 0 Å². The van der Waals surface area contributed by atoms with Crippen LogP contribution in [0.25, 0.3) is 0 Å². The molecule has 3 N–H and O–H groups in total. The van der Waals surface area contributed by atoms with Gasteiger partial charge in [-0.15, -0.1) is 24.0 Å². The highest BCUT2D eigenvalue weighted by molar-refractivity contribution is 14.0. The standard InChI is InChI=1S/C20H33N5O.HI/c1-3-11-22-19(26)10-12-23-20(21-2)24-15-17-6-8-18(9-7-17)16-25-13-4-5-14-25;/h6-9H,3-5,10-16H2,1-2H3,(H,22,26)(H2,21,23,24);1H. The molecule has 27 heavy (non-hydrogen) atoms. The summed E-state index contributed by atoms with van der Waals surface area (Å²) >= 11 is 0. The summed E-state index contributed by atoms with van der Waals surface area (Å²) in [6.45, 7) is 7.57. The van der Waals surface area contributed by atoms with Gasteiger partial charge in [-0.2, -0.15) is 0 Å². The zero-order chi connectivity index (χ0) is 18.6. The van der Waals surface area contributed by atoms with Gasteiger partial charge in [0, 0.05) is 39.6 Å². The summed E-state index contributed by atoms with van der Waals surface area (Å²) in [6, 6.07) is 8.76. The predicted octanol–water partition coefficient (Wildman–Crippen LogP) is 2.48. The first kappa shape index (κ1) is 23.7. The van der Waals surface area contributed by atoms with Gasteiger partial charge in [0.2, 0.25) is 5.91 Å². The number of rotatable bonds is 9. The Balaban J connectivity index is 0.00000364. The van der Waals surface area contributed by atoms with E-state index >= 15 is 0 Å². The molecular weight excluding hydrogens is 453 g/mol. The van der Waals surface area contributed by atoms with Gasteiger partial charge < -0.3 is 16.0 Å². The monoisotopic (exact) mass is 487 g/mol. The highest BCUT2D eigenvalue weighted by Crippen LogP contribution is 2.13. The third kappa shape index (κ3) is 9.41. The summed E-state index contributed by atoms with van der Waals surface area (Å²) in [7, 11) is 1.74. The molecule has 1 fully saturated rings. The predicted molar refractivity (Wildman–Crippen MR) is 122 cm³/mol. The molecule has 1 saturated heterocycles. The number of hydrogen-bond donors (Lipinski definition) is 3. The van der Waals surface area contributed by atoms with E-state index in [-0.39, 0.29) is 29.9 Å². The Hall–Kier alpha value is -1.35. The summed E-state index contributed by atoms with van der Waals surface area (Å²) in [5, 5.41) is 9.34. The van der Waals surface area contributed by atoms with Crippen molar-refractivity contribution < 1.29 is 4.79 Å². The van der Waals surface area contributed by atoms with Crippen LogP contribution in [0.15, 0.2) is 29.3 Å². The molecule has 1 aliphatic heterocycles. The lowest BCUT2D eigenvalue weighted by molar-refractivity contribution is -0.120. The molecule has 1 heterocycles. The number of hydrogen-bond acceptors (Lipinski definition) is 3. The second kappa shape index (κ2) is 13.8. The van der Waals surface area contributed by atoms with Crippen molar-refractivity contribution in [3.63, 3.8) is 0 Å². The third-order valence-corrected chi connectivity index (χ3v) is 4.53. The first-order valence-corrected chi connectivity index (χ1v) is 9.72. The lowest BCUT2D eigenvalue weighted by Gasteiger charge is -2.15. The van der Waals surface area contributed by atoms with Crippen molar-refractivity contribution in [3.8, 4) is 0 Å².